The molecule has 1 amide bonds. The number of piperidine rings is 1. The molecule has 0 spiro atoms. The van der Waals surface area contributed by atoms with Gasteiger partial charge < -0.3 is 15.7 Å². The van der Waals surface area contributed by atoms with Gasteiger partial charge in [0.05, 0.1) is 12.0 Å². The molecule has 3 rings (SSSR count). The number of hydrogen-bond donors (Lipinski definition) is 3. The molecular formula is C15H17F3N2O2. The van der Waals surface area contributed by atoms with E-state index in [2.05, 4.69) is 10.6 Å². The van der Waals surface area contributed by atoms with Crippen LogP contribution in [0.3, 0.4) is 0 Å². The molecule has 22 heavy (non-hydrogen) atoms. The van der Waals surface area contributed by atoms with Gasteiger partial charge in [0, 0.05) is 30.6 Å². The van der Waals surface area contributed by atoms with E-state index in [1.807, 2.05) is 0 Å². The molecule has 1 aromatic rings. The molecule has 2 fully saturated rings. The summed E-state index contributed by atoms with van der Waals surface area (Å²) in [5.41, 5.74) is -1.55. The van der Waals surface area contributed by atoms with Crippen molar-refractivity contribution in [1.82, 2.24) is 10.6 Å². The molecule has 1 heterocycles. The highest BCUT2D eigenvalue weighted by Gasteiger charge is 2.81. The van der Waals surface area contributed by atoms with Crippen LogP contribution in [0.4, 0.5) is 13.2 Å². The first-order valence-electron chi connectivity index (χ1n) is 7.09. The van der Waals surface area contributed by atoms with Crippen molar-refractivity contribution in [2.24, 2.45) is 10.8 Å². The van der Waals surface area contributed by atoms with Crippen molar-refractivity contribution >= 4 is 5.91 Å². The van der Waals surface area contributed by atoms with E-state index in [1.54, 1.807) is 24.3 Å². The van der Waals surface area contributed by atoms with Gasteiger partial charge in [-0.2, -0.15) is 13.2 Å². The second kappa shape index (κ2) is 4.96. The van der Waals surface area contributed by atoms with Gasteiger partial charge in [0.2, 0.25) is 0 Å². The van der Waals surface area contributed by atoms with Crippen molar-refractivity contribution in [1.29, 1.82) is 0 Å². The summed E-state index contributed by atoms with van der Waals surface area (Å²) in [6.45, 7) is 0.0959. The number of nitrogens with one attached hydrogen (secondary N) is 2. The van der Waals surface area contributed by atoms with Crippen LogP contribution in [0.25, 0.3) is 0 Å². The first-order chi connectivity index (χ1) is 10.3. The van der Waals surface area contributed by atoms with Crippen LogP contribution in [-0.4, -0.2) is 36.8 Å². The minimum Gasteiger partial charge on any atom is -0.392 e. The van der Waals surface area contributed by atoms with Crippen molar-refractivity contribution < 1.29 is 23.1 Å². The van der Waals surface area contributed by atoms with Gasteiger partial charge >= 0.3 is 6.18 Å². The maximum atomic E-state index is 13.2. The van der Waals surface area contributed by atoms with E-state index >= 15 is 0 Å². The van der Waals surface area contributed by atoms with Crippen LogP contribution in [0.2, 0.25) is 0 Å². The molecule has 0 bridgehead atoms. The normalized spacial score (nSPS) is 30.0. The van der Waals surface area contributed by atoms with Gasteiger partial charge in [-0.1, -0.05) is 12.1 Å². The Balaban J connectivity index is 1.64. The van der Waals surface area contributed by atoms with Crippen LogP contribution >= 0.6 is 0 Å². The number of aliphatic hydroxyl groups is 1. The number of rotatable bonds is 4. The topological polar surface area (TPSA) is 61.4 Å². The van der Waals surface area contributed by atoms with Gasteiger partial charge in [0.1, 0.15) is 0 Å². The fourth-order valence-electron chi connectivity index (χ4n) is 3.44. The summed E-state index contributed by atoms with van der Waals surface area (Å²) < 4.78 is 39.6. The van der Waals surface area contributed by atoms with E-state index in [4.69, 9.17) is 5.11 Å². The molecular weight excluding hydrogens is 297 g/mol. The SMILES string of the molecule is O=C(NC[C@@]12CNC[C@]1(C(F)(F)F)C2)c1ccc(CO)cc1. The quantitative estimate of drug-likeness (QED) is 0.788. The first kappa shape index (κ1) is 15.3. The second-order valence-corrected chi connectivity index (χ2v) is 6.18. The summed E-state index contributed by atoms with van der Waals surface area (Å²) in [6, 6.07) is 6.33. The van der Waals surface area contributed by atoms with Crippen LogP contribution in [0.15, 0.2) is 24.3 Å². The number of hydrogen-bond acceptors (Lipinski definition) is 3. The second-order valence-electron chi connectivity index (χ2n) is 6.18. The van der Waals surface area contributed by atoms with Crippen LogP contribution in [0.5, 0.6) is 0 Å². The maximum Gasteiger partial charge on any atom is 0.396 e. The summed E-state index contributed by atoms with van der Waals surface area (Å²) in [4.78, 5) is 12.0. The van der Waals surface area contributed by atoms with Crippen molar-refractivity contribution in [3.05, 3.63) is 35.4 Å². The Morgan fingerprint density at radius 3 is 2.50 bits per heavy atom. The lowest BCUT2D eigenvalue weighted by Gasteiger charge is -2.20. The number of carbonyl (C=O) groups excluding carboxylic acids is 1. The van der Waals surface area contributed by atoms with Crippen LogP contribution < -0.4 is 10.6 Å². The van der Waals surface area contributed by atoms with Crippen LogP contribution in [-0.2, 0) is 6.61 Å². The lowest BCUT2D eigenvalue weighted by Crippen LogP contribution is -2.37. The summed E-state index contributed by atoms with van der Waals surface area (Å²) in [5.74, 6) is -0.395. The van der Waals surface area contributed by atoms with Crippen molar-refractivity contribution in [2.75, 3.05) is 19.6 Å². The molecule has 1 aromatic carbocycles. The highest BCUT2D eigenvalue weighted by molar-refractivity contribution is 5.94. The van der Waals surface area contributed by atoms with Gasteiger partial charge in [-0.25, -0.2) is 0 Å². The van der Waals surface area contributed by atoms with Gasteiger partial charge in [-0.05, 0) is 24.1 Å². The minimum atomic E-state index is -4.25. The molecule has 7 heteroatoms. The average Bonchev–Trinajstić information content (AvgIpc) is 3.02. The van der Waals surface area contributed by atoms with Crippen molar-refractivity contribution in [3.8, 4) is 0 Å². The molecule has 2 atom stereocenters. The fraction of sp³-hybridized carbons (Fsp3) is 0.533. The predicted octanol–water partition coefficient (Wildman–Crippen LogP) is 1.45. The highest BCUT2D eigenvalue weighted by atomic mass is 19.4. The van der Waals surface area contributed by atoms with E-state index in [1.165, 1.54) is 0 Å². The molecule has 1 aliphatic carbocycles. The number of carbonyl (C=O) groups is 1. The average molecular weight is 314 g/mol. The smallest absolute Gasteiger partial charge is 0.392 e. The Morgan fingerprint density at radius 2 is 1.95 bits per heavy atom. The van der Waals surface area contributed by atoms with Crippen molar-refractivity contribution in [3.63, 3.8) is 0 Å². The molecule has 4 nitrogen and oxygen atoms in total. The molecule has 0 radical (unpaired) electrons. The zero-order chi connectivity index (χ0) is 16.0. The Kier molecular flexibility index (Phi) is 3.45. The molecule has 2 aliphatic rings. The number of benzene rings is 1. The number of fused-ring (bicyclic) bond motifs is 1. The highest BCUT2D eigenvalue weighted by Crippen LogP contribution is 2.72. The number of alkyl halides is 3. The lowest BCUT2D eigenvalue weighted by atomic mass is 9.95. The molecule has 1 saturated heterocycles. The van der Waals surface area contributed by atoms with Gasteiger partial charge in [0.25, 0.3) is 5.91 Å². The molecule has 1 saturated carbocycles. The first-order valence-corrected chi connectivity index (χ1v) is 7.09. The Hall–Kier alpha value is -1.60. The van der Waals surface area contributed by atoms with E-state index in [0.29, 0.717) is 11.1 Å². The molecule has 0 unspecified atom stereocenters. The molecule has 120 valence electrons. The zero-order valence-corrected chi connectivity index (χ0v) is 11.8. The van der Waals surface area contributed by atoms with E-state index in [0.717, 1.165) is 0 Å². The summed E-state index contributed by atoms with van der Waals surface area (Å²) in [5, 5.41) is 14.3. The monoisotopic (exact) mass is 314 g/mol. The largest absolute Gasteiger partial charge is 0.396 e. The van der Waals surface area contributed by atoms with E-state index in [-0.39, 0.29) is 32.7 Å². The summed E-state index contributed by atoms with van der Waals surface area (Å²) in [7, 11) is 0. The summed E-state index contributed by atoms with van der Waals surface area (Å²) in [6.07, 6.45) is -4.18. The van der Waals surface area contributed by atoms with E-state index in [9.17, 15) is 18.0 Å². The Bertz CT molecular complexity index is 587. The summed E-state index contributed by atoms with van der Waals surface area (Å²) >= 11 is 0. The zero-order valence-electron chi connectivity index (χ0n) is 11.8. The third-order valence-electron chi connectivity index (χ3n) is 4.95. The number of amides is 1. The minimum absolute atomic E-state index is 0.0140. The van der Waals surface area contributed by atoms with Crippen LogP contribution in [0.1, 0.15) is 22.3 Å². The fourth-order valence-corrected chi connectivity index (χ4v) is 3.44. The third kappa shape index (κ3) is 2.19. The predicted molar refractivity (Wildman–Crippen MR) is 73.1 cm³/mol. The molecule has 1 aliphatic heterocycles. The van der Waals surface area contributed by atoms with Gasteiger partial charge in [-0.15, -0.1) is 0 Å². The van der Waals surface area contributed by atoms with Crippen molar-refractivity contribution in [2.45, 2.75) is 19.2 Å². The third-order valence-corrected chi connectivity index (χ3v) is 4.95. The molecule has 3 N–H and O–H groups in total. The number of aliphatic hydroxyl groups excluding tert-OH is 1. The standard InChI is InChI=1S/C15H17F3N2O2/c16-15(17,18)14-6-13(14,7-19-9-14)8-20-12(22)11-3-1-10(5-21)2-4-11/h1-4,19,21H,5-9H2,(H,20,22)/t13-,14-/m1/s1. The Morgan fingerprint density at radius 1 is 1.27 bits per heavy atom. The van der Waals surface area contributed by atoms with Crippen LogP contribution in [0, 0.1) is 10.8 Å². The Labute approximate surface area is 125 Å². The van der Waals surface area contributed by atoms with E-state index < -0.39 is 22.9 Å². The number of halogens is 3. The maximum absolute atomic E-state index is 13.2. The van der Waals surface area contributed by atoms with Gasteiger partial charge in [0.15, 0.2) is 0 Å². The molecule has 0 aromatic heterocycles. The van der Waals surface area contributed by atoms with Gasteiger partial charge in [-0.3, -0.25) is 4.79 Å². The lowest BCUT2D eigenvalue weighted by molar-refractivity contribution is -0.190.